The number of hydrogen-bond acceptors (Lipinski definition) is 6. The zero-order valence-corrected chi connectivity index (χ0v) is 15.1. The molecule has 5 nitrogen and oxygen atoms in total. The maximum Gasteiger partial charge on any atom is 0.238 e. The van der Waals surface area contributed by atoms with Crippen LogP contribution in [0, 0.1) is 0 Å². The summed E-state index contributed by atoms with van der Waals surface area (Å²) in [7, 11) is 0. The highest BCUT2D eigenvalue weighted by atomic mass is 35.5. The summed E-state index contributed by atoms with van der Waals surface area (Å²) >= 11 is 3.34. The molecule has 1 fully saturated rings. The van der Waals surface area contributed by atoms with E-state index in [0.717, 1.165) is 38.4 Å². The molecule has 1 aromatic carbocycles. The molecule has 3 heterocycles. The van der Waals surface area contributed by atoms with Crippen LogP contribution in [0.2, 0.25) is 0 Å². The second-order valence-electron chi connectivity index (χ2n) is 5.24. The number of furan rings is 1. The van der Waals surface area contributed by atoms with Crippen molar-refractivity contribution in [1.29, 1.82) is 0 Å². The molecule has 0 saturated carbocycles. The van der Waals surface area contributed by atoms with E-state index < -0.39 is 0 Å². The minimum absolute atomic E-state index is 0. The van der Waals surface area contributed by atoms with Crippen LogP contribution in [-0.2, 0) is 11.3 Å². The van der Waals surface area contributed by atoms with Crippen molar-refractivity contribution in [2.45, 2.75) is 12.6 Å². The van der Waals surface area contributed by atoms with E-state index in [9.17, 15) is 4.79 Å². The minimum atomic E-state index is -0.0984. The van der Waals surface area contributed by atoms with Gasteiger partial charge in [0.2, 0.25) is 5.91 Å². The number of para-hydroxylation sites is 1. The van der Waals surface area contributed by atoms with Crippen molar-refractivity contribution < 1.29 is 9.21 Å². The Bertz CT molecular complexity index is 810. The highest BCUT2D eigenvalue weighted by Crippen LogP contribution is 2.31. The number of nitrogens with one attached hydrogen (secondary N) is 2. The molecule has 0 bridgehead atoms. The molecule has 2 N–H and O–H groups in total. The lowest BCUT2D eigenvalue weighted by atomic mass is 10.3. The van der Waals surface area contributed by atoms with E-state index >= 15 is 0 Å². The summed E-state index contributed by atoms with van der Waals surface area (Å²) in [5, 5.41) is 6.92. The van der Waals surface area contributed by atoms with E-state index in [0.29, 0.717) is 6.54 Å². The van der Waals surface area contributed by atoms with E-state index in [1.54, 1.807) is 23.1 Å². The summed E-state index contributed by atoms with van der Waals surface area (Å²) in [5.74, 6) is 3.15. The van der Waals surface area contributed by atoms with Gasteiger partial charge in [-0.25, -0.2) is 4.98 Å². The molecule has 4 rings (SSSR count). The number of carbonyl (C=O) groups is 1. The molecule has 1 aliphatic rings. The fraction of sp³-hybridized carbons (Fsp3) is 0.250. The zero-order valence-electron chi connectivity index (χ0n) is 12.7. The Hall–Kier alpha value is -1.54. The van der Waals surface area contributed by atoms with Crippen LogP contribution in [0.25, 0.3) is 21.0 Å². The van der Waals surface area contributed by atoms with Crippen LogP contribution in [0.1, 0.15) is 5.76 Å². The van der Waals surface area contributed by atoms with E-state index in [1.807, 2.05) is 36.4 Å². The second-order valence-corrected chi connectivity index (χ2v) is 7.30. The summed E-state index contributed by atoms with van der Waals surface area (Å²) in [6.45, 7) is 0.395. The quantitative estimate of drug-likeness (QED) is 0.726. The van der Waals surface area contributed by atoms with E-state index in [-0.39, 0.29) is 24.4 Å². The van der Waals surface area contributed by atoms with Crippen molar-refractivity contribution in [3.8, 4) is 10.8 Å². The number of nitrogens with zero attached hydrogens (tertiary/aromatic N) is 1. The average Bonchev–Trinajstić information content (AvgIpc) is 3.31. The summed E-state index contributed by atoms with van der Waals surface area (Å²) < 4.78 is 6.96. The van der Waals surface area contributed by atoms with Gasteiger partial charge in [0, 0.05) is 11.6 Å². The first kappa shape index (κ1) is 17.3. The maximum absolute atomic E-state index is 12.0. The third-order valence-corrected chi connectivity index (χ3v) is 5.63. The fourth-order valence-electron chi connectivity index (χ4n) is 2.43. The van der Waals surface area contributed by atoms with Crippen molar-refractivity contribution in [3.05, 3.63) is 42.2 Å². The van der Waals surface area contributed by atoms with Crippen molar-refractivity contribution in [3.63, 3.8) is 0 Å². The molecule has 1 saturated heterocycles. The van der Waals surface area contributed by atoms with Crippen molar-refractivity contribution in [1.82, 2.24) is 15.6 Å². The number of thiazole rings is 1. The summed E-state index contributed by atoms with van der Waals surface area (Å²) in [6.07, 6.45) is 0. The van der Waals surface area contributed by atoms with E-state index in [4.69, 9.17) is 4.42 Å². The molecule has 2 aromatic heterocycles. The van der Waals surface area contributed by atoms with Gasteiger partial charge in [-0.15, -0.1) is 35.5 Å². The van der Waals surface area contributed by atoms with Crippen molar-refractivity contribution in [2.75, 3.05) is 11.6 Å². The van der Waals surface area contributed by atoms with Crippen LogP contribution in [0.4, 0.5) is 0 Å². The Morgan fingerprint density at radius 1 is 1.33 bits per heavy atom. The van der Waals surface area contributed by atoms with Crippen molar-refractivity contribution >= 4 is 51.6 Å². The molecule has 1 aliphatic heterocycles. The summed E-state index contributed by atoms with van der Waals surface area (Å²) in [6, 6.07) is 11.7. The molecule has 1 unspecified atom stereocenters. The van der Waals surface area contributed by atoms with Gasteiger partial charge in [0.05, 0.1) is 22.8 Å². The Balaban J connectivity index is 0.00000169. The lowest BCUT2D eigenvalue weighted by molar-refractivity contribution is -0.122. The molecule has 1 atom stereocenters. The Morgan fingerprint density at radius 2 is 2.21 bits per heavy atom. The number of thioether (sulfide) groups is 1. The molecule has 0 spiro atoms. The molecule has 0 radical (unpaired) electrons. The van der Waals surface area contributed by atoms with Gasteiger partial charge in [0.1, 0.15) is 5.76 Å². The Morgan fingerprint density at radius 3 is 3.00 bits per heavy atom. The molecule has 3 aromatic rings. The lowest BCUT2D eigenvalue weighted by Crippen LogP contribution is -2.41. The van der Waals surface area contributed by atoms with E-state index in [1.165, 1.54) is 0 Å². The molecule has 24 heavy (non-hydrogen) atoms. The second kappa shape index (κ2) is 7.57. The number of aromatic nitrogens is 1. The Kier molecular flexibility index (Phi) is 5.45. The highest BCUT2D eigenvalue weighted by molar-refractivity contribution is 7.99. The van der Waals surface area contributed by atoms with Crippen LogP contribution >= 0.6 is 35.5 Å². The summed E-state index contributed by atoms with van der Waals surface area (Å²) in [5.41, 5.74) is 0.976. The topological polar surface area (TPSA) is 67.2 Å². The monoisotopic (exact) mass is 381 g/mol. The standard InChI is InChI=1S/C16H15N3O2S2.ClH/c20-15(12-8-22-9-18-12)17-7-10-5-6-13(21-10)16-19-11-3-1-2-4-14(11)23-16;/h1-6,12,18H,7-9H2,(H,17,20);1H. The van der Waals surface area contributed by atoms with Gasteiger partial charge < -0.3 is 9.73 Å². The van der Waals surface area contributed by atoms with Gasteiger partial charge in [-0.3, -0.25) is 10.1 Å². The first-order valence-electron chi connectivity index (χ1n) is 7.33. The van der Waals surface area contributed by atoms with E-state index in [2.05, 4.69) is 15.6 Å². The van der Waals surface area contributed by atoms with Gasteiger partial charge in [-0.2, -0.15) is 0 Å². The number of carbonyl (C=O) groups excluding carboxylic acids is 1. The number of rotatable bonds is 4. The van der Waals surface area contributed by atoms with Gasteiger partial charge in [-0.1, -0.05) is 12.1 Å². The highest BCUT2D eigenvalue weighted by Gasteiger charge is 2.22. The van der Waals surface area contributed by atoms with Gasteiger partial charge in [0.15, 0.2) is 10.8 Å². The SMILES string of the molecule is Cl.O=C(NCc1ccc(-c2nc3ccccc3s2)o1)C1CSCN1. The maximum atomic E-state index is 12.0. The molecular formula is C16H16ClN3O2S2. The predicted octanol–water partition coefficient (Wildman–Crippen LogP) is 3.26. The number of hydrogen-bond donors (Lipinski definition) is 2. The normalized spacial score (nSPS) is 16.9. The van der Waals surface area contributed by atoms with Crippen LogP contribution in [0.15, 0.2) is 40.8 Å². The molecule has 126 valence electrons. The minimum Gasteiger partial charge on any atom is -0.457 e. The van der Waals surface area contributed by atoms with Crippen molar-refractivity contribution in [2.24, 2.45) is 0 Å². The lowest BCUT2D eigenvalue weighted by Gasteiger charge is -2.08. The molecule has 1 amide bonds. The van der Waals surface area contributed by atoms with Gasteiger partial charge in [-0.05, 0) is 24.3 Å². The predicted molar refractivity (Wildman–Crippen MR) is 101 cm³/mol. The number of halogens is 1. The number of benzene rings is 1. The fourth-order valence-corrected chi connectivity index (χ4v) is 4.30. The summed E-state index contributed by atoms with van der Waals surface area (Å²) in [4.78, 5) is 16.6. The van der Waals surface area contributed by atoms with Crippen LogP contribution in [0.3, 0.4) is 0 Å². The Labute approximate surface area is 153 Å². The largest absolute Gasteiger partial charge is 0.457 e. The third-order valence-electron chi connectivity index (χ3n) is 3.64. The smallest absolute Gasteiger partial charge is 0.238 e. The first-order valence-corrected chi connectivity index (χ1v) is 9.30. The number of fused-ring (bicyclic) bond motifs is 1. The first-order chi connectivity index (χ1) is 11.3. The van der Waals surface area contributed by atoms with Gasteiger partial charge >= 0.3 is 0 Å². The van der Waals surface area contributed by atoms with Crippen LogP contribution < -0.4 is 10.6 Å². The molecule has 8 heteroatoms. The zero-order chi connectivity index (χ0) is 15.6. The van der Waals surface area contributed by atoms with Gasteiger partial charge in [0.25, 0.3) is 0 Å². The molecule has 0 aliphatic carbocycles. The van der Waals surface area contributed by atoms with Crippen LogP contribution in [0.5, 0.6) is 0 Å². The average molecular weight is 382 g/mol. The van der Waals surface area contributed by atoms with Crippen LogP contribution in [-0.4, -0.2) is 28.6 Å². The molecular weight excluding hydrogens is 366 g/mol. The number of amides is 1. The third kappa shape index (κ3) is 3.59.